The fraction of sp³-hybridized carbons (Fsp3) is 0.303. The monoisotopic (exact) mass is 1290 g/mol. The highest BCUT2D eigenvalue weighted by Crippen LogP contribution is 2.31. The van der Waals surface area contributed by atoms with Gasteiger partial charge in [0.1, 0.15) is 85.6 Å². The Morgan fingerprint density at radius 3 is 0.884 bits per heavy atom. The third-order valence-electron chi connectivity index (χ3n) is 14.4. The van der Waals surface area contributed by atoms with Crippen molar-refractivity contribution in [3.8, 4) is 91.3 Å². The highest BCUT2D eigenvalue weighted by Gasteiger charge is 2.12. The van der Waals surface area contributed by atoms with E-state index in [1.165, 1.54) is 0 Å². The molecule has 0 saturated carbocycles. The van der Waals surface area contributed by atoms with Crippen molar-refractivity contribution in [1.82, 2.24) is 24.9 Å². The van der Waals surface area contributed by atoms with Gasteiger partial charge in [-0.1, -0.05) is 43.3 Å². The molecule has 0 radical (unpaired) electrons. The van der Waals surface area contributed by atoms with Crippen molar-refractivity contribution in [3.05, 3.63) is 201 Å². The van der Waals surface area contributed by atoms with Gasteiger partial charge in [-0.25, -0.2) is 15.0 Å². The van der Waals surface area contributed by atoms with Crippen LogP contribution in [0.2, 0.25) is 0 Å². The highest BCUT2D eigenvalue weighted by molar-refractivity contribution is 6.04. The van der Waals surface area contributed by atoms with Gasteiger partial charge in [0.15, 0.2) is 0 Å². The summed E-state index contributed by atoms with van der Waals surface area (Å²) in [5, 5.41) is 2.02. The molecule has 0 aliphatic carbocycles. The third kappa shape index (κ3) is 22.5. The maximum absolute atomic E-state index is 5.98. The van der Waals surface area contributed by atoms with Crippen LogP contribution < -0.4 is 37.9 Å². The van der Waals surface area contributed by atoms with E-state index in [1.807, 2.05) is 158 Å². The first-order chi connectivity index (χ1) is 47.0. The minimum absolute atomic E-state index is 0.378. The smallest absolute Gasteiger partial charge is 0.137 e. The van der Waals surface area contributed by atoms with Crippen molar-refractivity contribution in [2.24, 2.45) is 0 Å². The number of aromatic nitrogens is 5. The van der Waals surface area contributed by atoms with Crippen molar-refractivity contribution >= 4 is 21.8 Å². The summed E-state index contributed by atoms with van der Waals surface area (Å²) in [5.74, 6) is 5.92. The van der Waals surface area contributed by atoms with Crippen molar-refractivity contribution < 1.29 is 66.3 Å². The number of benzene rings is 5. The van der Waals surface area contributed by atoms with Crippen LogP contribution in [-0.4, -0.2) is 157 Å². The molecule has 19 nitrogen and oxygen atoms in total. The van der Waals surface area contributed by atoms with Crippen LogP contribution in [0.1, 0.15) is 19.8 Å². The van der Waals surface area contributed by atoms with E-state index in [0.717, 1.165) is 114 Å². The molecule has 95 heavy (non-hydrogen) atoms. The topological polar surface area (TPSA) is 194 Å². The third-order valence-corrected chi connectivity index (χ3v) is 14.4. The maximum Gasteiger partial charge on any atom is 0.137 e. The Kier molecular flexibility index (Phi) is 27.6. The van der Waals surface area contributed by atoms with Crippen molar-refractivity contribution in [2.75, 3.05) is 132 Å². The Bertz CT molecular complexity index is 3850. The second-order valence-electron chi connectivity index (χ2n) is 21.3. The summed E-state index contributed by atoms with van der Waals surface area (Å²) < 4.78 is 80.6. The summed E-state index contributed by atoms with van der Waals surface area (Å²) in [5.41, 5.74) is 8.26. The van der Waals surface area contributed by atoms with E-state index >= 15 is 0 Å². The number of nitrogens with zero attached hydrogens (tertiary/aromatic N) is 5. The van der Waals surface area contributed by atoms with Gasteiger partial charge in [-0.05, 0) is 158 Å². The van der Waals surface area contributed by atoms with E-state index in [9.17, 15) is 0 Å². The fourth-order valence-corrected chi connectivity index (χ4v) is 9.51. The number of hydrogen-bond donors (Lipinski definition) is 0. The normalized spacial score (nSPS) is 11.2. The fourth-order valence-electron chi connectivity index (χ4n) is 9.51. The van der Waals surface area contributed by atoms with Gasteiger partial charge in [-0.2, -0.15) is 0 Å². The van der Waals surface area contributed by atoms with E-state index in [-0.39, 0.29) is 0 Å². The molecular weight excluding hydrogens is 1210 g/mol. The zero-order valence-electron chi connectivity index (χ0n) is 53.7. The van der Waals surface area contributed by atoms with Gasteiger partial charge in [-0.15, -0.1) is 6.58 Å². The first kappa shape index (κ1) is 68.1. The quantitative estimate of drug-likeness (QED) is 0.0199. The van der Waals surface area contributed by atoms with Crippen molar-refractivity contribution in [2.45, 2.75) is 19.8 Å². The van der Waals surface area contributed by atoms with E-state index in [4.69, 9.17) is 81.3 Å². The molecule has 0 N–H and O–H groups in total. The Morgan fingerprint density at radius 1 is 0.274 bits per heavy atom. The first-order valence-electron chi connectivity index (χ1n) is 32.1. The van der Waals surface area contributed by atoms with Gasteiger partial charge in [0, 0.05) is 21.9 Å². The molecule has 0 unspecified atom stereocenters. The molecule has 0 aliphatic rings. The predicted octanol–water partition coefficient (Wildman–Crippen LogP) is 13.9. The molecule has 10 rings (SSSR count). The van der Waals surface area contributed by atoms with Crippen LogP contribution in [0.25, 0.3) is 67.1 Å². The molecule has 0 saturated heterocycles. The molecule has 19 heteroatoms. The predicted molar refractivity (Wildman–Crippen MR) is 365 cm³/mol. The van der Waals surface area contributed by atoms with Crippen molar-refractivity contribution in [3.63, 3.8) is 0 Å². The largest absolute Gasteiger partial charge is 0.494 e. The molecule has 5 aromatic heterocycles. The number of fused-ring (bicyclic) bond motifs is 3. The van der Waals surface area contributed by atoms with E-state index in [2.05, 4.69) is 47.7 Å². The van der Waals surface area contributed by atoms with Crippen LogP contribution in [0.15, 0.2) is 201 Å². The van der Waals surface area contributed by atoms with E-state index in [0.29, 0.717) is 144 Å². The average molecular weight is 1290 g/mol. The Labute approximate surface area is 554 Å². The molecule has 0 spiro atoms. The van der Waals surface area contributed by atoms with Crippen LogP contribution in [0.4, 0.5) is 0 Å². The minimum atomic E-state index is 0.378. The minimum Gasteiger partial charge on any atom is -0.494 e. The van der Waals surface area contributed by atoms with Gasteiger partial charge < -0.3 is 66.3 Å². The summed E-state index contributed by atoms with van der Waals surface area (Å²) in [6, 6.07) is 56.7. The lowest BCUT2D eigenvalue weighted by atomic mass is 10.1. The summed E-state index contributed by atoms with van der Waals surface area (Å²) in [4.78, 5) is 24.1. The molecule has 0 atom stereocenters. The van der Waals surface area contributed by atoms with Crippen molar-refractivity contribution in [1.29, 1.82) is 0 Å². The number of pyridine rings is 5. The van der Waals surface area contributed by atoms with Gasteiger partial charge in [-0.3, -0.25) is 9.97 Å². The van der Waals surface area contributed by atoms with Crippen LogP contribution in [-0.2, 0) is 28.4 Å². The number of rotatable bonds is 44. The highest BCUT2D eigenvalue weighted by atomic mass is 16.6. The molecule has 0 amide bonds. The summed E-state index contributed by atoms with van der Waals surface area (Å²) in [6.07, 6.45) is 6.95. The van der Waals surface area contributed by atoms with Crippen LogP contribution >= 0.6 is 0 Å². The number of ether oxygens (including phenoxy) is 14. The van der Waals surface area contributed by atoms with Crippen LogP contribution in [0.3, 0.4) is 0 Å². The molecule has 0 fully saturated rings. The maximum atomic E-state index is 5.98. The van der Waals surface area contributed by atoms with Gasteiger partial charge in [0.05, 0.1) is 150 Å². The lowest BCUT2D eigenvalue weighted by molar-refractivity contribution is 0.0270. The molecule has 10 aromatic rings. The average Bonchev–Trinajstić information content (AvgIpc) is 0.789. The Hall–Kier alpha value is -9.73. The standard InChI is InChI=1S/C76H81N5O14/c1-3-5-36-89-67-29-33-71(77-55-67)73-7-6-8-74(79-73)72-34-30-68(56-78-72)95-54-48-87-42-41-86-47-53-94-66-27-25-65(26-28-66)93-52-46-85-40-38-83-44-50-91-62-19-13-58(14-20-62)70-32-16-60-10-9-59-15-31-69(80-75(59)76(60)81-70)57-11-17-61(18-12-57)90-49-43-82-37-39-84-45-51-92-64-23-21-63(22-24-64)88-35-4-2/h3,6-34,55-56H,1,4-5,35-54H2,2H3. The van der Waals surface area contributed by atoms with Crippen LogP contribution in [0.5, 0.6) is 46.0 Å². The van der Waals surface area contributed by atoms with Gasteiger partial charge in [0.2, 0.25) is 0 Å². The lowest BCUT2D eigenvalue weighted by Gasteiger charge is -2.11. The SMILES string of the molecule is C=CCCOc1ccc(-c2cccc(-c3ccc(OCCOCCOCCOc4ccc(OCCOCCOCCOc5ccc(-c6ccc7ccc8ccc(-c9ccc(OCCOCCOCCOc%10ccc(OCCC)cc%10)cc9)nc8c7n6)cc5)cc4)cn3)n2)nc1. The second-order valence-corrected chi connectivity index (χ2v) is 21.3. The van der Waals surface area contributed by atoms with Gasteiger partial charge >= 0.3 is 0 Å². The molecule has 494 valence electrons. The molecule has 0 bridgehead atoms. The van der Waals surface area contributed by atoms with E-state index < -0.39 is 0 Å². The first-order valence-corrected chi connectivity index (χ1v) is 32.1. The summed E-state index contributed by atoms with van der Waals surface area (Å²) in [6.45, 7) is 14.8. The zero-order valence-corrected chi connectivity index (χ0v) is 53.7. The molecule has 0 aliphatic heterocycles. The summed E-state index contributed by atoms with van der Waals surface area (Å²) in [7, 11) is 0. The molecule has 5 heterocycles. The molecule has 5 aromatic carbocycles. The Morgan fingerprint density at radius 2 is 0.558 bits per heavy atom. The van der Waals surface area contributed by atoms with Crippen LogP contribution in [0, 0.1) is 0 Å². The lowest BCUT2D eigenvalue weighted by Crippen LogP contribution is -2.13. The number of hydrogen-bond acceptors (Lipinski definition) is 19. The van der Waals surface area contributed by atoms with Gasteiger partial charge in [0.25, 0.3) is 0 Å². The second kappa shape index (κ2) is 38.5. The Balaban J connectivity index is 0.527. The summed E-state index contributed by atoms with van der Waals surface area (Å²) >= 11 is 0. The zero-order chi connectivity index (χ0) is 65.2. The molecular formula is C76H81N5O14. The van der Waals surface area contributed by atoms with E-state index in [1.54, 1.807) is 12.4 Å².